The number of benzene rings is 1. The highest BCUT2D eigenvalue weighted by Gasteiger charge is 2.10. The number of hydrogen-bond acceptors (Lipinski definition) is 1. The molecule has 0 radical (unpaired) electrons. The highest BCUT2D eigenvalue weighted by Crippen LogP contribution is 2.27. The van der Waals surface area contributed by atoms with Crippen molar-refractivity contribution in [3.8, 4) is 12.3 Å². The molecule has 1 atom stereocenters. The van der Waals surface area contributed by atoms with Crippen LogP contribution in [0.15, 0.2) is 16.6 Å². The second-order valence-electron chi connectivity index (χ2n) is 4.08. The molecule has 86 valence electrons. The van der Waals surface area contributed by atoms with Crippen molar-refractivity contribution in [3.05, 3.63) is 33.3 Å². The highest BCUT2D eigenvalue weighted by molar-refractivity contribution is 9.10. The van der Waals surface area contributed by atoms with Gasteiger partial charge in [-0.2, -0.15) is 0 Å². The number of aliphatic hydroxyl groups excluding tert-OH is 1. The fraction of sp³-hybridized carbons (Fsp3) is 0.429. The van der Waals surface area contributed by atoms with Crippen LogP contribution in [0.3, 0.4) is 0 Å². The van der Waals surface area contributed by atoms with Crippen LogP contribution in [-0.2, 0) is 0 Å². The fourth-order valence-corrected chi connectivity index (χ4v) is 1.96. The van der Waals surface area contributed by atoms with E-state index in [-0.39, 0.29) is 0 Å². The van der Waals surface area contributed by atoms with Crippen LogP contribution in [0.1, 0.15) is 42.1 Å². The lowest BCUT2D eigenvalue weighted by atomic mass is 10.00. The first kappa shape index (κ1) is 13.3. The minimum atomic E-state index is -0.404. The van der Waals surface area contributed by atoms with Gasteiger partial charge in [0.15, 0.2) is 0 Å². The summed E-state index contributed by atoms with van der Waals surface area (Å²) in [6, 6.07) is 4.05. The fourth-order valence-electron chi connectivity index (χ4n) is 1.74. The molecule has 1 N–H and O–H groups in total. The van der Waals surface area contributed by atoms with E-state index in [0.29, 0.717) is 0 Å². The highest BCUT2D eigenvalue weighted by atomic mass is 79.9. The number of halogens is 1. The van der Waals surface area contributed by atoms with Gasteiger partial charge in [0.25, 0.3) is 0 Å². The molecule has 2 heteroatoms. The Hall–Kier alpha value is -0.780. The molecule has 0 aliphatic rings. The molecule has 0 aliphatic heterocycles. The molecule has 0 aliphatic carbocycles. The van der Waals surface area contributed by atoms with Gasteiger partial charge in [0, 0.05) is 10.9 Å². The third-order valence-corrected chi connectivity index (χ3v) is 3.89. The van der Waals surface area contributed by atoms with E-state index in [9.17, 15) is 5.11 Å². The Balaban J connectivity index is 2.77. The molecular formula is C14H17BrO. The molecular weight excluding hydrogens is 264 g/mol. The van der Waals surface area contributed by atoms with Crippen molar-refractivity contribution in [2.75, 3.05) is 0 Å². The lowest BCUT2D eigenvalue weighted by Crippen LogP contribution is -1.99. The third-order valence-electron chi connectivity index (χ3n) is 2.64. The molecule has 16 heavy (non-hydrogen) atoms. The van der Waals surface area contributed by atoms with Gasteiger partial charge in [0.05, 0.1) is 6.10 Å². The summed E-state index contributed by atoms with van der Waals surface area (Å²) in [5, 5.41) is 10.0. The molecule has 1 unspecified atom stereocenters. The number of aryl methyl sites for hydroxylation is 2. The quantitative estimate of drug-likeness (QED) is 0.655. The van der Waals surface area contributed by atoms with Crippen molar-refractivity contribution in [2.24, 2.45) is 0 Å². The normalized spacial score (nSPS) is 12.2. The first-order chi connectivity index (χ1) is 7.56. The lowest BCUT2D eigenvalue weighted by molar-refractivity contribution is 0.165. The van der Waals surface area contributed by atoms with Gasteiger partial charge >= 0.3 is 0 Å². The average molecular weight is 281 g/mol. The van der Waals surface area contributed by atoms with Gasteiger partial charge in [0.1, 0.15) is 0 Å². The van der Waals surface area contributed by atoms with Crippen molar-refractivity contribution in [1.29, 1.82) is 0 Å². The zero-order valence-corrected chi connectivity index (χ0v) is 11.3. The van der Waals surface area contributed by atoms with Crippen LogP contribution < -0.4 is 0 Å². The van der Waals surface area contributed by atoms with E-state index in [2.05, 4.69) is 21.9 Å². The van der Waals surface area contributed by atoms with E-state index in [1.807, 2.05) is 26.0 Å². The van der Waals surface area contributed by atoms with E-state index in [0.717, 1.165) is 40.4 Å². The predicted molar refractivity (Wildman–Crippen MR) is 71.3 cm³/mol. The topological polar surface area (TPSA) is 20.2 Å². The molecule has 0 bridgehead atoms. The minimum Gasteiger partial charge on any atom is -0.388 e. The molecule has 0 saturated heterocycles. The Kier molecular flexibility index (Phi) is 5.05. The Labute approximate surface area is 106 Å². The van der Waals surface area contributed by atoms with Gasteiger partial charge in [-0.05, 0) is 43.4 Å². The van der Waals surface area contributed by atoms with E-state index in [4.69, 9.17) is 6.42 Å². The molecule has 0 heterocycles. The van der Waals surface area contributed by atoms with Crippen molar-refractivity contribution in [1.82, 2.24) is 0 Å². The van der Waals surface area contributed by atoms with Gasteiger partial charge < -0.3 is 5.11 Å². The summed E-state index contributed by atoms with van der Waals surface area (Å²) in [7, 11) is 0. The third kappa shape index (κ3) is 3.37. The first-order valence-corrected chi connectivity index (χ1v) is 6.23. The smallest absolute Gasteiger partial charge is 0.0790 e. The van der Waals surface area contributed by atoms with Gasteiger partial charge in [-0.3, -0.25) is 0 Å². The molecule has 0 spiro atoms. The summed E-state index contributed by atoms with van der Waals surface area (Å²) in [4.78, 5) is 0. The predicted octanol–water partition coefficient (Wildman–Crippen LogP) is 3.90. The minimum absolute atomic E-state index is 0.404. The van der Waals surface area contributed by atoms with Crippen molar-refractivity contribution >= 4 is 15.9 Å². The van der Waals surface area contributed by atoms with Crippen LogP contribution in [0.25, 0.3) is 0 Å². The second kappa shape index (κ2) is 6.08. The van der Waals surface area contributed by atoms with Crippen molar-refractivity contribution in [3.63, 3.8) is 0 Å². The molecule has 1 nitrogen and oxygen atoms in total. The molecule has 1 aromatic carbocycles. The monoisotopic (exact) mass is 280 g/mol. The standard InChI is InChI=1S/C14H17BrO/c1-4-5-6-7-13(16)12-8-10(2)14(15)11(3)9-12/h1,8-9,13,16H,5-7H2,2-3H3. The van der Waals surface area contributed by atoms with Crippen LogP contribution in [0, 0.1) is 26.2 Å². The second-order valence-corrected chi connectivity index (χ2v) is 4.87. The summed E-state index contributed by atoms with van der Waals surface area (Å²) < 4.78 is 1.12. The van der Waals surface area contributed by atoms with Crippen molar-refractivity contribution in [2.45, 2.75) is 39.2 Å². The largest absolute Gasteiger partial charge is 0.388 e. The van der Waals surface area contributed by atoms with Crippen LogP contribution in [0.4, 0.5) is 0 Å². The molecule has 0 fully saturated rings. The Bertz CT molecular complexity index is 381. The van der Waals surface area contributed by atoms with Crippen LogP contribution in [0.2, 0.25) is 0 Å². The number of hydrogen-bond donors (Lipinski definition) is 1. The Morgan fingerprint density at radius 2 is 1.94 bits per heavy atom. The van der Waals surface area contributed by atoms with Crippen LogP contribution in [0.5, 0.6) is 0 Å². The number of unbranched alkanes of at least 4 members (excludes halogenated alkanes) is 1. The van der Waals surface area contributed by atoms with Crippen LogP contribution >= 0.6 is 15.9 Å². The van der Waals surface area contributed by atoms with Crippen molar-refractivity contribution < 1.29 is 5.11 Å². The van der Waals surface area contributed by atoms with E-state index in [1.54, 1.807) is 0 Å². The number of rotatable bonds is 4. The first-order valence-electron chi connectivity index (χ1n) is 5.44. The Morgan fingerprint density at radius 1 is 1.38 bits per heavy atom. The lowest BCUT2D eigenvalue weighted by Gasteiger charge is -2.13. The van der Waals surface area contributed by atoms with Gasteiger partial charge in [-0.1, -0.05) is 28.1 Å². The SMILES string of the molecule is C#CCCCC(O)c1cc(C)c(Br)c(C)c1. The Morgan fingerprint density at radius 3 is 2.44 bits per heavy atom. The van der Waals surface area contributed by atoms with Gasteiger partial charge in [0.2, 0.25) is 0 Å². The summed E-state index contributed by atoms with van der Waals surface area (Å²) in [6.07, 6.45) is 7.10. The van der Waals surface area contributed by atoms with E-state index < -0.39 is 6.10 Å². The molecule has 1 rings (SSSR count). The number of aliphatic hydroxyl groups is 1. The van der Waals surface area contributed by atoms with E-state index in [1.165, 1.54) is 0 Å². The van der Waals surface area contributed by atoms with Gasteiger partial charge in [-0.15, -0.1) is 12.3 Å². The van der Waals surface area contributed by atoms with E-state index >= 15 is 0 Å². The summed E-state index contributed by atoms with van der Waals surface area (Å²) >= 11 is 3.52. The average Bonchev–Trinajstić information content (AvgIpc) is 2.25. The zero-order chi connectivity index (χ0) is 12.1. The summed E-state index contributed by atoms with van der Waals surface area (Å²) in [5.41, 5.74) is 3.30. The maximum atomic E-state index is 10.0. The molecule has 0 amide bonds. The number of terminal acetylenes is 1. The molecule has 0 aromatic heterocycles. The summed E-state index contributed by atoms with van der Waals surface area (Å²) in [6.45, 7) is 4.07. The van der Waals surface area contributed by atoms with Crippen LogP contribution in [-0.4, -0.2) is 5.11 Å². The summed E-state index contributed by atoms with van der Waals surface area (Å²) in [5.74, 6) is 2.59. The molecule has 1 aromatic rings. The zero-order valence-electron chi connectivity index (χ0n) is 9.76. The maximum Gasteiger partial charge on any atom is 0.0790 e. The molecule has 0 saturated carbocycles. The van der Waals surface area contributed by atoms with Gasteiger partial charge in [-0.25, -0.2) is 0 Å². The maximum absolute atomic E-state index is 10.0.